The van der Waals surface area contributed by atoms with Crippen molar-refractivity contribution in [3.05, 3.63) is 34.9 Å². The molecule has 3 heteroatoms. The minimum Gasteiger partial charge on any atom is -0.234 e. The lowest BCUT2D eigenvalue weighted by atomic mass is 10.0. The van der Waals surface area contributed by atoms with Crippen LogP contribution in [0, 0.1) is 6.92 Å². The summed E-state index contributed by atoms with van der Waals surface area (Å²) in [6.07, 6.45) is 1.95. The topological polar surface area (TPSA) is 29.4 Å². The third-order valence-corrected chi connectivity index (χ3v) is 4.48. The van der Waals surface area contributed by atoms with Crippen molar-refractivity contribution >= 4 is 16.7 Å². The van der Waals surface area contributed by atoms with Crippen molar-refractivity contribution in [3.8, 4) is 0 Å². The smallest absolute Gasteiger partial charge is 0.145 e. The molecule has 2 rings (SSSR count). The molecule has 0 saturated heterocycles. The second-order valence-electron chi connectivity index (χ2n) is 5.50. The first-order valence-corrected chi connectivity index (χ1v) is 7.08. The molecule has 0 radical (unpaired) electrons. The van der Waals surface area contributed by atoms with E-state index in [0.29, 0.717) is 0 Å². The maximum atomic E-state index is 12.0. The van der Waals surface area contributed by atoms with E-state index >= 15 is 0 Å². The van der Waals surface area contributed by atoms with Gasteiger partial charge in [0, 0.05) is 5.56 Å². The van der Waals surface area contributed by atoms with Crippen molar-refractivity contribution < 1.29 is 4.21 Å². The van der Waals surface area contributed by atoms with Gasteiger partial charge in [0.1, 0.15) is 11.0 Å². The molecular formula is C14H19NOS. The Balaban J connectivity index is 2.38. The largest absolute Gasteiger partial charge is 0.234 e. The van der Waals surface area contributed by atoms with E-state index < -0.39 is 11.0 Å². The SMILES string of the molecule is Cc1cccc2c1CCC2=N[S@](=O)C(C)(C)C. The maximum absolute atomic E-state index is 12.0. The molecule has 0 N–H and O–H groups in total. The van der Waals surface area contributed by atoms with E-state index in [0.717, 1.165) is 18.6 Å². The van der Waals surface area contributed by atoms with E-state index in [1.165, 1.54) is 16.7 Å². The van der Waals surface area contributed by atoms with Crippen molar-refractivity contribution in [2.24, 2.45) is 4.40 Å². The Kier molecular flexibility index (Phi) is 3.21. The van der Waals surface area contributed by atoms with Crippen LogP contribution in [-0.4, -0.2) is 14.7 Å². The molecule has 17 heavy (non-hydrogen) atoms. The number of fused-ring (bicyclic) bond motifs is 1. The summed E-state index contributed by atoms with van der Waals surface area (Å²) in [4.78, 5) is 0. The standard InChI is InChI=1S/C14H19NOS/c1-10-6-5-7-12-11(10)8-9-13(12)15-17(16)14(2,3)4/h5-7H,8-9H2,1-4H3/t17-/m1/s1. The zero-order valence-corrected chi connectivity index (χ0v) is 11.7. The molecule has 1 aromatic rings. The Morgan fingerprint density at radius 2 is 1.94 bits per heavy atom. The average Bonchev–Trinajstić information content (AvgIpc) is 2.62. The van der Waals surface area contributed by atoms with Gasteiger partial charge in [0.2, 0.25) is 0 Å². The summed E-state index contributed by atoms with van der Waals surface area (Å²) in [5, 5.41) is 0. The summed E-state index contributed by atoms with van der Waals surface area (Å²) in [5.41, 5.74) is 4.89. The van der Waals surface area contributed by atoms with Crippen LogP contribution in [0.1, 0.15) is 43.9 Å². The quantitative estimate of drug-likeness (QED) is 0.751. The minimum atomic E-state index is -1.15. The third-order valence-electron chi connectivity index (χ3n) is 3.05. The van der Waals surface area contributed by atoms with E-state index in [9.17, 15) is 4.21 Å². The lowest BCUT2D eigenvalue weighted by molar-refractivity contribution is 0.650. The molecule has 0 heterocycles. The van der Waals surface area contributed by atoms with E-state index in [1.54, 1.807) is 0 Å². The zero-order valence-electron chi connectivity index (χ0n) is 10.9. The number of hydrogen-bond acceptors (Lipinski definition) is 1. The highest BCUT2D eigenvalue weighted by Crippen LogP contribution is 2.26. The van der Waals surface area contributed by atoms with Crippen molar-refractivity contribution in [2.75, 3.05) is 0 Å². The number of nitrogens with zero attached hydrogens (tertiary/aromatic N) is 1. The molecule has 2 nitrogen and oxygen atoms in total. The fourth-order valence-corrected chi connectivity index (χ4v) is 2.68. The van der Waals surface area contributed by atoms with Crippen molar-refractivity contribution in [3.63, 3.8) is 0 Å². The predicted molar refractivity (Wildman–Crippen MR) is 73.9 cm³/mol. The minimum absolute atomic E-state index is 0.278. The summed E-state index contributed by atoms with van der Waals surface area (Å²) < 4.78 is 16.2. The van der Waals surface area contributed by atoms with Gasteiger partial charge < -0.3 is 0 Å². The zero-order chi connectivity index (χ0) is 12.6. The van der Waals surface area contributed by atoms with Crippen LogP contribution in [0.5, 0.6) is 0 Å². The molecule has 1 atom stereocenters. The molecule has 92 valence electrons. The number of aryl methyl sites for hydroxylation is 1. The Labute approximate surface area is 106 Å². The molecule has 1 aromatic carbocycles. The van der Waals surface area contributed by atoms with Crippen LogP contribution in [0.3, 0.4) is 0 Å². The van der Waals surface area contributed by atoms with Gasteiger partial charge in [-0.2, -0.15) is 4.40 Å². The van der Waals surface area contributed by atoms with Crippen LogP contribution in [0.15, 0.2) is 22.6 Å². The van der Waals surface area contributed by atoms with Gasteiger partial charge in [-0.1, -0.05) is 18.2 Å². The Bertz CT molecular complexity index is 497. The van der Waals surface area contributed by atoms with Gasteiger partial charge in [-0.3, -0.25) is 0 Å². The number of benzene rings is 1. The van der Waals surface area contributed by atoms with Crippen LogP contribution in [0.2, 0.25) is 0 Å². The van der Waals surface area contributed by atoms with Gasteiger partial charge >= 0.3 is 0 Å². The van der Waals surface area contributed by atoms with Crippen molar-refractivity contribution in [1.29, 1.82) is 0 Å². The second kappa shape index (κ2) is 4.37. The highest BCUT2D eigenvalue weighted by molar-refractivity contribution is 7.85. The fraction of sp³-hybridized carbons (Fsp3) is 0.500. The van der Waals surface area contributed by atoms with Gasteiger partial charge in [-0.05, 0) is 51.7 Å². The molecule has 0 unspecified atom stereocenters. The summed E-state index contributed by atoms with van der Waals surface area (Å²) >= 11 is 0. The van der Waals surface area contributed by atoms with E-state index in [4.69, 9.17) is 0 Å². The second-order valence-corrected chi connectivity index (χ2v) is 7.41. The van der Waals surface area contributed by atoms with Crippen LogP contribution >= 0.6 is 0 Å². The molecule has 1 aliphatic rings. The van der Waals surface area contributed by atoms with Gasteiger partial charge in [-0.25, -0.2) is 4.21 Å². The van der Waals surface area contributed by atoms with Crippen LogP contribution in [-0.2, 0) is 17.4 Å². The lowest BCUT2D eigenvalue weighted by Gasteiger charge is -2.14. The van der Waals surface area contributed by atoms with Crippen LogP contribution in [0.25, 0.3) is 0 Å². The van der Waals surface area contributed by atoms with Gasteiger partial charge in [0.25, 0.3) is 0 Å². The van der Waals surface area contributed by atoms with Gasteiger partial charge in [0.15, 0.2) is 0 Å². The average molecular weight is 249 g/mol. The van der Waals surface area contributed by atoms with Crippen molar-refractivity contribution in [2.45, 2.75) is 45.3 Å². The first-order valence-electron chi connectivity index (χ1n) is 5.98. The third kappa shape index (κ3) is 2.49. The molecule has 0 aliphatic heterocycles. The molecule has 0 fully saturated rings. The van der Waals surface area contributed by atoms with Gasteiger partial charge in [0.05, 0.1) is 10.5 Å². The van der Waals surface area contributed by atoms with E-state index in [2.05, 4.69) is 29.5 Å². The van der Waals surface area contributed by atoms with Gasteiger partial charge in [-0.15, -0.1) is 0 Å². The fourth-order valence-electron chi connectivity index (χ4n) is 2.01. The Hall–Kier alpha value is -0.960. The first kappa shape index (κ1) is 12.5. The molecule has 0 amide bonds. The van der Waals surface area contributed by atoms with Crippen LogP contribution in [0.4, 0.5) is 0 Å². The molecule has 1 aliphatic carbocycles. The summed E-state index contributed by atoms with van der Waals surface area (Å²) in [7, 11) is -1.15. The number of rotatable bonds is 1. The van der Waals surface area contributed by atoms with Crippen molar-refractivity contribution in [1.82, 2.24) is 0 Å². The highest BCUT2D eigenvalue weighted by Gasteiger charge is 2.23. The van der Waals surface area contributed by atoms with E-state index in [1.807, 2.05) is 20.8 Å². The molecule has 0 spiro atoms. The molecule has 0 saturated carbocycles. The Morgan fingerprint density at radius 1 is 1.24 bits per heavy atom. The molecule has 0 aromatic heterocycles. The maximum Gasteiger partial charge on any atom is 0.145 e. The summed E-state index contributed by atoms with van der Waals surface area (Å²) in [6, 6.07) is 6.27. The summed E-state index contributed by atoms with van der Waals surface area (Å²) in [6.45, 7) is 8.00. The monoisotopic (exact) mass is 249 g/mol. The normalized spacial score (nSPS) is 19.4. The summed E-state index contributed by atoms with van der Waals surface area (Å²) in [5.74, 6) is 0. The Morgan fingerprint density at radius 3 is 2.59 bits per heavy atom. The number of hydrogen-bond donors (Lipinski definition) is 0. The predicted octanol–water partition coefficient (Wildman–Crippen LogP) is 3.19. The molecule has 0 bridgehead atoms. The lowest BCUT2D eigenvalue weighted by Crippen LogP contribution is -2.20. The molecular weight excluding hydrogens is 230 g/mol. The van der Waals surface area contributed by atoms with E-state index in [-0.39, 0.29) is 4.75 Å². The highest BCUT2D eigenvalue weighted by atomic mass is 32.2. The van der Waals surface area contributed by atoms with Crippen LogP contribution < -0.4 is 0 Å². The first-order chi connectivity index (χ1) is 7.89.